The molecule has 2 heterocycles. The Morgan fingerprint density at radius 1 is 1.00 bits per heavy atom. The molecule has 3 fully saturated rings. The number of nitrogens with zero attached hydrogens (tertiary/aromatic N) is 3. The van der Waals surface area contributed by atoms with E-state index in [1.54, 1.807) is 12.1 Å². The maximum atomic E-state index is 13.0. The van der Waals surface area contributed by atoms with E-state index in [1.165, 1.54) is 26.0 Å². The second kappa shape index (κ2) is 13.3. The van der Waals surface area contributed by atoms with Crippen molar-refractivity contribution in [3.8, 4) is 11.5 Å². The summed E-state index contributed by atoms with van der Waals surface area (Å²) >= 11 is 6.05. The van der Waals surface area contributed by atoms with Gasteiger partial charge in [-0.15, -0.1) is 0 Å². The maximum Gasteiger partial charge on any atom is 0.244 e. The largest absolute Gasteiger partial charge is 0.495 e. The van der Waals surface area contributed by atoms with Crippen molar-refractivity contribution in [2.24, 2.45) is 5.92 Å². The van der Waals surface area contributed by atoms with E-state index >= 15 is 0 Å². The van der Waals surface area contributed by atoms with Gasteiger partial charge >= 0.3 is 0 Å². The second-order valence-electron chi connectivity index (χ2n) is 10.0. The van der Waals surface area contributed by atoms with Gasteiger partial charge in [0.2, 0.25) is 10.0 Å². The van der Waals surface area contributed by atoms with Crippen LogP contribution < -0.4 is 19.1 Å². The minimum absolute atomic E-state index is 0.0871. The Bertz CT molecular complexity index is 1150. The molecule has 0 atom stereocenters. The Morgan fingerprint density at radius 3 is 2.37 bits per heavy atom. The number of rotatable bonds is 9. The molecule has 2 aromatic rings. The van der Waals surface area contributed by atoms with Crippen molar-refractivity contribution in [3.63, 3.8) is 0 Å². The molecule has 1 N–H and O–H groups in total. The number of piperazine rings is 1. The Morgan fingerprint density at radius 2 is 1.71 bits per heavy atom. The number of ether oxygens (including phenoxy) is 2. The average molecular weight is 565 g/mol. The standard InChI is InChI=1S/C26H35ClN4O4S.C2H6/c1-34-23-11-6-20(27)17-25(23)36(32,33)29-21-7-9-22(10-8-21)30-13-15-31(16-14-30)26-24(3-2-12-28-26)35-18-19-4-5-19;1-2/h2-3,6,11-12,17,19,21-22,29H,4-5,7-10,13-16,18H2,1H3;1-2H3. The van der Waals surface area contributed by atoms with Crippen LogP contribution in [0.25, 0.3) is 0 Å². The molecule has 0 spiro atoms. The van der Waals surface area contributed by atoms with Crippen LogP contribution in [0.4, 0.5) is 5.82 Å². The van der Waals surface area contributed by atoms with Gasteiger partial charge in [-0.1, -0.05) is 25.4 Å². The first-order valence-electron chi connectivity index (χ1n) is 13.9. The summed E-state index contributed by atoms with van der Waals surface area (Å²) in [5.74, 6) is 2.85. The molecule has 38 heavy (non-hydrogen) atoms. The number of methoxy groups -OCH3 is 1. The number of halogens is 1. The second-order valence-corrected chi connectivity index (χ2v) is 12.1. The fraction of sp³-hybridized carbons (Fsp3) is 0.607. The van der Waals surface area contributed by atoms with E-state index in [1.807, 2.05) is 32.2 Å². The summed E-state index contributed by atoms with van der Waals surface area (Å²) in [6.45, 7) is 8.56. The predicted molar refractivity (Wildman–Crippen MR) is 152 cm³/mol. The van der Waals surface area contributed by atoms with Gasteiger partial charge in [-0.25, -0.2) is 18.1 Å². The number of sulfonamides is 1. The van der Waals surface area contributed by atoms with Crippen molar-refractivity contribution >= 4 is 27.4 Å². The summed E-state index contributed by atoms with van der Waals surface area (Å²) in [5, 5.41) is 0.367. The summed E-state index contributed by atoms with van der Waals surface area (Å²) in [6, 6.07) is 9.01. The summed E-state index contributed by atoms with van der Waals surface area (Å²) in [7, 11) is -2.25. The smallest absolute Gasteiger partial charge is 0.244 e. The van der Waals surface area contributed by atoms with Gasteiger partial charge in [0, 0.05) is 49.5 Å². The third-order valence-corrected chi connectivity index (χ3v) is 9.26. The van der Waals surface area contributed by atoms with Crippen LogP contribution >= 0.6 is 11.6 Å². The Labute approximate surface area is 232 Å². The highest BCUT2D eigenvalue weighted by Gasteiger charge is 2.32. The lowest BCUT2D eigenvalue weighted by Crippen LogP contribution is -2.52. The van der Waals surface area contributed by atoms with Crippen molar-refractivity contribution in [1.82, 2.24) is 14.6 Å². The minimum Gasteiger partial charge on any atom is -0.495 e. The monoisotopic (exact) mass is 564 g/mol. The molecule has 2 aliphatic carbocycles. The first-order valence-corrected chi connectivity index (χ1v) is 15.7. The number of hydrogen-bond acceptors (Lipinski definition) is 7. The fourth-order valence-electron chi connectivity index (χ4n) is 5.23. The average Bonchev–Trinajstić information content (AvgIpc) is 3.78. The molecule has 0 radical (unpaired) electrons. The maximum absolute atomic E-state index is 13.0. The molecule has 3 aliphatic rings. The molecule has 5 rings (SSSR count). The Kier molecular flexibility index (Phi) is 10.1. The number of aromatic nitrogens is 1. The van der Waals surface area contributed by atoms with Crippen LogP contribution in [0.2, 0.25) is 5.02 Å². The van der Waals surface area contributed by atoms with Crippen molar-refractivity contribution in [1.29, 1.82) is 0 Å². The van der Waals surface area contributed by atoms with Crippen LogP contribution in [0.5, 0.6) is 11.5 Å². The van der Waals surface area contributed by atoms with Crippen molar-refractivity contribution in [2.45, 2.75) is 69.4 Å². The lowest BCUT2D eigenvalue weighted by molar-refractivity contribution is 0.139. The molecule has 210 valence electrons. The van der Waals surface area contributed by atoms with Crippen LogP contribution in [0.1, 0.15) is 52.4 Å². The fourth-order valence-corrected chi connectivity index (χ4v) is 6.96. The summed E-state index contributed by atoms with van der Waals surface area (Å²) in [4.78, 5) is 9.59. The third-order valence-electron chi connectivity index (χ3n) is 7.49. The first kappa shape index (κ1) is 28.9. The lowest BCUT2D eigenvalue weighted by Gasteiger charge is -2.42. The molecular weight excluding hydrogens is 524 g/mol. The van der Waals surface area contributed by atoms with E-state index in [9.17, 15) is 8.42 Å². The molecule has 2 saturated carbocycles. The van der Waals surface area contributed by atoms with Crippen molar-refractivity contribution in [3.05, 3.63) is 41.6 Å². The van der Waals surface area contributed by atoms with Crippen molar-refractivity contribution in [2.75, 3.05) is 44.8 Å². The zero-order valence-corrected chi connectivity index (χ0v) is 24.3. The van der Waals surface area contributed by atoms with Gasteiger partial charge in [0.05, 0.1) is 13.7 Å². The van der Waals surface area contributed by atoms with E-state index in [0.29, 0.717) is 22.7 Å². The molecule has 8 nitrogen and oxygen atoms in total. The normalized spacial score (nSPS) is 22.4. The van der Waals surface area contributed by atoms with E-state index in [0.717, 1.165) is 70.0 Å². The van der Waals surface area contributed by atoms with E-state index in [-0.39, 0.29) is 10.9 Å². The van der Waals surface area contributed by atoms with E-state index in [2.05, 4.69) is 19.5 Å². The molecule has 10 heteroatoms. The molecule has 1 aliphatic heterocycles. The topological polar surface area (TPSA) is 84.0 Å². The van der Waals surface area contributed by atoms with E-state index < -0.39 is 10.0 Å². The highest BCUT2D eigenvalue weighted by Crippen LogP contribution is 2.33. The van der Waals surface area contributed by atoms with Gasteiger partial charge in [-0.2, -0.15) is 0 Å². The molecule has 0 bridgehead atoms. The quantitative estimate of drug-likeness (QED) is 0.460. The number of hydrogen-bond donors (Lipinski definition) is 1. The third kappa shape index (κ3) is 7.31. The molecule has 1 aromatic carbocycles. The molecule has 0 unspecified atom stereocenters. The van der Waals surface area contributed by atoms with Gasteiger partial charge in [0.25, 0.3) is 0 Å². The van der Waals surface area contributed by atoms with Crippen LogP contribution in [0.15, 0.2) is 41.4 Å². The van der Waals surface area contributed by atoms with Crippen LogP contribution in [-0.2, 0) is 10.0 Å². The van der Waals surface area contributed by atoms with Gasteiger partial charge in [-0.05, 0) is 74.8 Å². The highest BCUT2D eigenvalue weighted by atomic mass is 35.5. The number of pyridine rings is 1. The lowest BCUT2D eigenvalue weighted by atomic mass is 9.90. The number of benzene rings is 1. The Hall–Kier alpha value is -2.07. The molecule has 1 saturated heterocycles. The molecular formula is C28H41ClN4O4S. The molecule has 1 aromatic heterocycles. The zero-order chi connectivity index (χ0) is 27.1. The summed E-state index contributed by atoms with van der Waals surface area (Å²) < 4.78 is 40.2. The van der Waals surface area contributed by atoms with Crippen LogP contribution in [0.3, 0.4) is 0 Å². The van der Waals surface area contributed by atoms with Gasteiger partial charge in [0.1, 0.15) is 10.6 Å². The zero-order valence-electron chi connectivity index (χ0n) is 22.7. The van der Waals surface area contributed by atoms with E-state index in [4.69, 9.17) is 21.1 Å². The molecule has 0 amide bonds. The van der Waals surface area contributed by atoms with Crippen molar-refractivity contribution < 1.29 is 17.9 Å². The van der Waals surface area contributed by atoms with Gasteiger partial charge < -0.3 is 14.4 Å². The summed E-state index contributed by atoms with van der Waals surface area (Å²) in [5.41, 5.74) is 0. The first-order chi connectivity index (χ1) is 18.4. The highest BCUT2D eigenvalue weighted by molar-refractivity contribution is 7.89. The minimum atomic E-state index is -3.71. The SMILES string of the molecule is CC.COc1ccc(Cl)cc1S(=O)(=O)NC1CCC(N2CCN(c3ncccc3OCC3CC3)CC2)CC1. The van der Waals surface area contributed by atoms with Crippen LogP contribution in [0, 0.1) is 5.92 Å². The van der Waals surface area contributed by atoms with Crippen LogP contribution in [-0.4, -0.2) is 70.3 Å². The van der Waals surface area contributed by atoms with Gasteiger partial charge in [0.15, 0.2) is 11.6 Å². The van der Waals surface area contributed by atoms with Gasteiger partial charge in [-0.3, -0.25) is 4.90 Å². The predicted octanol–water partition coefficient (Wildman–Crippen LogP) is 4.97. The summed E-state index contributed by atoms with van der Waals surface area (Å²) in [6.07, 6.45) is 7.95. The number of anilines is 1. The Balaban J connectivity index is 0.00000164. The number of nitrogens with one attached hydrogen (secondary N) is 1.